The van der Waals surface area contributed by atoms with Crippen LogP contribution in [0.2, 0.25) is 5.02 Å². The molecule has 3 aromatic rings. The number of aromatic nitrogens is 3. The Labute approximate surface area is 124 Å². The second kappa shape index (κ2) is 5.70. The van der Waals surface area contributed by atoms with Crippen LogP contribution in [-0.2, 0) is 6.42 Å². The Morgan fingerprint density at radius 3 is 2.90 bits per heavy atom. The summed E-state index contributed by atoms with van der Waals surface area (Å²) < 4.78 is 5.24. The van der Waals surface area contributed by atoms with E-state index in [1.165, 1.54) is 11.3 Å². The molecule has 7 heteroatoms. The SMILES string of the molecule is NCCc1nc(-c2nc(-c3ccccc3Cl)no2)cs1. The van der Waals surface area contributed by atoms with Crippen molar-refractivity contribution in [1.29, 1.82) is 0 Å². The van der Waals surface area contributed by atoms with Crippen LogP contribution in [0, 0.1) is 0 Å². The fraction of sp³-hybridized carbons (Fsp3) is 0.154. The molecule has 2 heterocycles. The number of nitrogens with two attached hydrogens (primary N) is 1. The predicted octanol–water partition coefficient (Wildman–Crippen LogP) is 3.01. The second-order valence-corrected chi connectivity index (χ2v) is 5.42. The first-order valence-electron chi connectivity index (χ1n) is 6.01. The highest BCUT2D eigenvalue weighted by atomic mass is 35.5. The van der Waals surface area contributed by atoms with Gasteiger partial charge in [0, 0.05) is 17.4 Å². The van der Waals surface area contributed by atoms with Crippen molar-refractivity contribution < 1.29 is 4.52 Å². The van der Waals surface area contributed by atoms with Crippen LogP contribution in [0.3, 0.4) is 0 Å². The standard InChI is InChI=1S/C13H11ClN4OS/c14-9-4-2-1-3-8(9)12-17-13(19-18-12)10-7-20-11(16-10)5-6-15/h1-4,7H,5-6,15H2. The van der Waals surface area contributed by atoms with Gasteiger partial charge in [-0.3, -0.25) is 0 Å². The van der Waals surface area contributed by atoms with Crippen LogP contribution in [0.4, 0.5) is 0 Å². The van der Waals surface area contributed by atoms with Gasteiger partial charge in [0.25, 0.3) is 5.89 Å². The molecule has 0 amide bonds. The lowest BCUT2D eigenvalue weighted by Crippen LogP contribution is -2.01. The zero-order valence-corrected chi connectivity index (χ0v) is 12.0. The lowest BCUT2D eigenvalue weighted by molar-refractivity contribution is 0.431. The summed E-state index contributed by atoms with van der Waals surface area (Å²) in [4.78, 5) is 8.74. The van der Waals surface area contributed by atoms with E-state index in [4.69, 9.17) is 21.9 Å². The molecule has 102 valence electrons. The van der Waals surface area contributed by atoms with Crippen molar-refractivity contribution in [3.8, 4) is 23.0 Å². The van der Waals surface area contributed by atoms with Crippen LogP contribution < -0.4 is 5.73 Å². The van der Waals surface area contributed by atoms with E-state index in [0.29, 0.717) is 29.0 Å². The molecule has 0 radical (unpaired) electrons. The zero-order valence-electron chi connectivity index (χ0n) is 10.4. The summed E-state index contributed by atoms with van der Waals surface area (Å²) in [5, 5.41) is 7.38. The molecule has 0 fully saturated rings. The molecule has 5 nitrogen and oxygen atoms in total. The maximum Gasteiger partial charge on any atom is 0.277 e. The molecule has 20 heavy (non-hydrogen) atoms. The lowest BCUT2D eigenvalue weighted by atomic mass is 10.2. The fourth-order valence-electron chi connectivity index (χ4n) is 1.73. The quantitative estimate of drug-likeness (QED) is 0.801. The molecule has 0 aliphatic heterocycles. The van der Waals surface area contributed by atoms with Gasteiger partial charge >= 0.3 is 0 Å². The van der Waals surface area contributed by atoms with Crippen LogP contribution in [0.1, 0.15) is 5.01 Å². The number of benzene rings is 1. The summed E-state index contributed by atoms with van der Waals surface area (Å²) in [6, 6.07) is 7.36. The number of hydrogen-bond acceptors (Lipinski definition) is 6. The molecule has 0 atom stereocenters. The van der Waals surface area contributed by atoms with E-state index < -0.39 is 0 Å². The van der Waals surface area contributed by atoms with E-state index >= 15 is 0 Å². The number of hydrogen-bond donors (Lipinski definition) is 1. The molecular formula is C13H11ClN4OS. The predicted molar refractivity (Wildman–Crippen MR) is 78.6 cm³/mol. The Bertz CT molecular complexity index is 724. The minimum absolute atomic E-state index is 0.388. The monoisotopic (exact) mass is 306 g/mol. The number of thiazole rings is 1. The number of nitrogens with zero attached hydrogens (tertiary/aromatic N) is 3. The van der Waals surface area contributed by atoms with Gasteiger partial charge in [-0.15, -0.1) is 11.3 Å². The first-order valence-corrected chi connectivity index (χ1v) is 7.27. The maximum absolute atomic E-state index is 6.11. The van der Waals surface area contributed by atoms with Crippen molar-refractivity contribution in [2.24, 2.45) is 5.73 Å². The summed E-state index contributed by atoms with van der Waals surface area (Å²) in [5.74, 6) is 0.846. The second-order valence-electron chi connectivity index (χ2n) is 4.07. The smallest absolute Gasteiger partial charge is 0.277 e. The van der Waals surface area contributed by atoms with E-state index in [1.807, 2.05) is 23.6 Å². The third kappa shape index (κ3) is 2.58. The average Bonchev–Trinajstić information content (AvgIpc) is 3.08. The molecule has 2 aromatic heterocycles. The molecule has 2 N–H and O–H groups in total. The van der Waals surface area contributed by atoms with Crippen LogP contribution >= 0.6 is 22.9 Å². The van der Waals surface area contributed by atoms with Crippen molar-refractivity contribution in [3.63, 3.8) is 0 Å². The molecular weight excluding hydrogens is 296 g/mol. The van der Waals surface area contributed by atoms with Gasteiger partial charge in [0.1, 0.15) is 5.69 Å². The summed E-state index contributed by atoms with van der Waals surface area (Å²) >= 11 is 7.64. The van der Waals surface area contributed by atoms with Crippen molar-refractivity contribution in [2.45, 2.75) is 6.42 Å². The van der Waals surface area contributed by atoms with Crippen LogP contribution in [0.15, 0.2) is 34.2 Å². The minimum atomic E-state index is 0.388. The van der Waals surface area contributed by atoms with Gasteiger partial charge in [0.15, 0.2) is 0 Å². The molecule has 0 spiro atoms. The molecule has 0 unspecified atom stereocenters. The van der Waals surface area contributed by atoms with Crippen molar-refractivity contribution >= 4 is 22.9 Å². The third-order valence-electron chi connectivity index (χ3n) is 2.67. The van der Waals surface area contributed by atoms with Crippen LogP contribution in [0.25, 0.3) is 23.0 Å². The Balaban J connectivity index is 1.91. The Hall–Kier alpha value is -1.76. The third-order valence-corrected chi connectivity index (χ3v) is 3.91. The van der Waals surface area contributed by atoms with Gasteiger partial charge < -0.3 is 10.3 Å². The summed E-state index contributed by atoms with van der Waals surface area (Å²) in [6.45, 7) is 0.571. The normalized spacial score (nSPS) is 10.9. The highest BCUT2D eigenvalue weighted by Gasteiger charge is 2.15. The summed E-state index contributed by atoms with van der Waals surface area (Å²) in [6.07, 6.45) is 0.746. The molecule has 0 aliphatic carbocycles. The molecule has 1 aromatic carbocycles. The molecule has 0 aliphatic rings. The van der Waals surface area contributed by atoms with Crippen LogP contribution in [0.5, 0.6) is 0 Å². The van der Waals surface area contributed by atoms with Gasteiger partial charge in [-0.1, -0.05) is 28.9 Å². The van der Waals surface area contributed by atoms with Crippen LogP contribution in [-0.4, -0.2) is 21.7 Å². The van der Waals surface area contributed by atoms with Gasteiger partial charge in [-0.05, 0) is 18.7 Å². The highest BCUT2D eigenvalue weighted by Crippen LogP contribution is 2.28. The van der Waals surface area contributed by atoms with Gasteiger partial charge in [0.2, 0.25) is 5.82 Å². The molecule has 0 saturated carbocycles. The maximum atomic E-state index is 6.11. The lowest BCUT2D eigenvalue weighted by Gasteiger charge is -1.95. The van der Waals surface area contributed by atoms with E-state index in [0.717, 1.165) is 17.0 Å². The van der Waals surface area contributed by atoms with Gasteiger partial charge in [0.05, 0.1) is 10.0 Å². The Kier molecular flexibility index (Phi) is 3.77. The largest absolute Gasteiger partial charge is 0.332 e. The first-order chi connectivity index (χ1) is 9.78. The highest BCUT2D eigenvalue weighted by molar-refractivity contribution is 7.09. The van der Waals surface area contributed by atoms with E-state index in [2.05, 4.69) is 15.1 Å². The molecule has 0 bridgehead atoms. The Morgan fingerprint density at radius 2 is 2.10 bits per heavy atom. The molecule has 0 saturated heterocycles. The minimum Gasteiger partial charge on any atom is -0.332 e. The summed E-state index contributed by atoms with van der Waals surface area (Å²) in [5.41, 5.74) is 6.91. The topological polar surface area (TPSA) is 77.8 Å². The molecule has 3 rings (SSSR count). The fourth-order valence-corrected chi connectivity index (χ4v) is 2.74. The van der Waals surface area contributed by atoms with E-state index in [9.17, 15) is 0 Å². The number of rotatable bonds is 4. The van der Waals surface area contributed by atoms with E-state index in [1.54, 1.807) is 6.07 Å². The van der Waals surface area contributed by atoms with Gasteiger partial charge in [-0.2, -0.15) is 4.98 Å². The number of halogens is 1. The first kappa shape index (κ1) is 13.2. The average molecular weight is 307 g/mol. The van der Waals surface area contributed by atoms with Gasteiger partial charge in [-0.25, -0.2) is 4.98 Å². The van der Waals surface area contributed by atoms with E-state index in [-0.39, 0.29) is 0 Å². The Morgan fingerprint density at radius 1 is 1.25 bits per heavy atom. The van der Waals surface area contributed by atoms with Crippen molar-refractivity contribution in [1.82, 2.24) is 15.1 Å². The van der Waals surface area contributed by atoms with Crippen molar-refractivity contribution in [2.75, 3.05) is 6.54 Å². The zero-order chi connectivity index (χ0) is 13.9. The van der Waals surface area contributed by atoms with Crippen molar-refractivity contribution in [3.05, 3.63) is 39.7 Å². The summed E-state index contributed by atoms with van der Waals surface area (Å²) in [7, 11) is 0.